The van der Waals surface area contributed by atoms with Gasteiger partial charge in [0, 0.05) is 12.6 Å². The Morgan fingerprint density at radius 1 is 0.864 bits per heavy atom. The van der Waals surface area contributed by atoms with Crippen molar-refractivity contribution in [2.45, 2.75) is 18.9 Å². The summed E-state index contributed by atoms with van der Waals surface area (Å²) in [5.74, 6) is -0.431. The van der Waals surface area contributed by atoms with Gasteiger partial charge >= 0.3 is 0 Å². The molecule has 1 aliphatic rings. The molecule has 0 bridgehead atoms. The van der Waals surface area contributed by atoms with Gasteiger partial charge in [0.25, 0.3) is 11.8 Å². The fraction of sp³-hybridized carbons (Fsp3) is 0.222. The average molecular weight is 294 g/mol. The van der Waals surface area contributed by atoms with Gasteiger partial charge in [-0.05, 0) is 30.5 Å². The molecule has 2 amide bonds. The van der Waals surface area contributed by atoms with Gasteiger partial charge in [-0.2, -0.15) is 0 Å². The molecule has 0 aromatic heterocycles. The second-order valence-electron chi connectivity index (χ2n) is 5.55. The number of imide groups is 1. The molecular formula is C18H18N2O2. The van der Waals surface area contributed by atoms with E-state index in [4.69, 9.17) is 5.73 Å². The van der Waals surface area contributed by atoms with E-state index in [9.17, 15) is 9.59 Å². The Bertz CT molecular complexity index is 662. The standard InChI is InChI=1S/C18H18N2O2/c19-14(12-13-6-2-1-3-7-13)10-11-20-17(21)15-8-4-5-9-16(15)18(20)22/h1-9,14H,10-12,19H2/t14-/m1/s1. The number of carbonyl (C=O) groups is 2. The molecule has 2 aromatic carbocycles. The molecule has 0 unspecified atom stereocenters. The molecule has 1 heterocycles. The second kappa shape index (κ2) is 6.12. The molecule has 0 saturated carbocycles. The summed E-state index contributed by atoms with van der Waals surface area (Å²) in [4.78, 5) is 25.8. The number of nitrogens with zero attached hydrogens (tertiary/aromatic N) is 1. The maximum atomic E-state index is 12.2. The number of carbonyl (C=O) groups excluding carboxylic acids is 2. The van der Waals surface area contributed by atoms with E-state index in [1.807, 2.05) is 30.3 Å². The Morgan fingerprint density at radius 2 is 1.41 bits per heavy atom. The monoisotopic (exact) mass is 294 g/mol. The Kier molecular flexibility index (Phi) is 4.02. The summed E-state index contributed by atoms with van der Waals surface area (Å²) >= 11 is 0. The largest absolute Gasteiger partial charge is 0.327 e. The maximum absolute atomic E-state index is 12.2. The summed E-state index contributed by atoms with van der Waals surface area (Å²) in [5.41, 5.74) is 8.27. The highest BCUT2D eigenvalue weighted by molar-refractivity contribution is 6.21. The Morgan fingerprint density at radius 3 is 2.00 bits per heavy atom. The van der Waals surface area contributed by atoms with Gasteiger partial charge in [0.05, 0.1) is 11.1 Å². The number of nitrogens with two attached hydrogens (primary N) is 1. The van der Waals surface area contributed by atoms with Crippen LogP contribution in [0.1, 0.15) is 32.7 Å². The van der Waals surface area contributed by atoms with Crippen molar-refractivity contribution in [1.82, 2.24) is 4.90 Å². The zero-order valence-electron chi connectivity index (χ0n) is 12.2. The van der Waals surface area contributed by atoms with E-state index in [2.05, 4.69) is 0 Å². The molecule has 3 rings (SSSR count). The fourth-order valence-corrected chi connectivity index (χ4v) is 2.76. The number of amides is 2. The first-order valence-corrected chi connectivity index (χ1v) is 7.41. The Labute approximate surface area is 129 Å². The first kappa shape index (κ1) is 14.5. The lowest BCUT2D eigenvalue weighted by atomic mass is 10.0. The van der Waals surface area contributed by atoms with Gasteiger partial charge < -0.3 is 5.73 Å². The van der Waals surface area contributed by atoms with Crippen LogP contribution < -0.4 is 5.73 Å². The third-order valence-corrected chi connectivity index (χ3v) is 3.94. The number of hydrogen-bond donors (Lipinski definition) is 1. The van der Waals surface area contributed by atoms with Crippen LogP contribution in [0.2, 0.25) is 0 Å². The van der Waals surface area contributed by atoms with Crippen molar-refractivity contribution in [2.24, 2.45) is 5.73 Å². The van der Waals surface area contributed by atoms with Gasteiger partial charge in [-0.15, -0.1) is 0 Å². The predicted molar refractivity (Wildman–Crippen MR) is 84.5 cm³/mol. The highest BCUT2D eigenvalue weighted by atomic mass is 16.2. The zero-order valence-corrected chi connectivity index (χ0v) is 12.2. The third-order valence-electron chi connectivity index (χ3n) is 3.94. The molecule has 0 saturated heterocycles. The van der Waals surface area contributed by atoms with Crippen LogP contribution in [0.4, 0.5) is 0 Å². The Balaban J connectivity index is 1.61. The maximum Gasteiger partial charge on any atom is 0.261 e. The number of hydrogen-bond acceptors (Lipinski definition) is 3. The minimum atomic E-state index is -0.215. The SMILES string of the molecule is N[C@H](CCN1C(=O)c2ccccc2C1=O)Cc1ccccc1. The van der Waals surface area contributed by atoms with Gasteiger partial charge in [-0.1, -0.05) is 42.5 Å². The summed E-state index contributed by atoms with van der Waals surface area (Å²) in [6.45, 7) is 0.361. The molecule has 4 nitrogen and oxygen atoms in total. The van der Waals surface area contributed by atoms with Gasteiger partial charge in [-0.3, -0.25) is 14.5 Å². The molecule has 22 heavy (non-hydrogen) atoms. The molecule has 4 heteroatoms. The first-order valence-electron chi connectivity index (χ1n) is 7.41. The minimum absolute atomic E-state index is 0.0771. The highest BCUT2D eigenvalue weighted by Gasteiger charge is 2.34. The lowest BCUT2D eigenvalue weighted by Crippen LogP contribution is -2.35. The third kappa shape index (κ3) is 2.78. The smallest absolute Gasteiger partial charge is 0.261 e. The lowest BCUT2D eigenvalue weighted by molar-refractivity contribution is 0.0650. The molecule has 1 atom stereocenters. The molecule has 0 radical (unpaired) electrons. The number of rotatable bonds is 5. The topological polar surface area (TPSA) is 63.4 Å². The van der Waals surface area contributed by atoms with E-state index in [0.29, 0.717) is 24.1 Å². The van der Waals surface area contributed by atoms with Crippen LogP contribution in [0.3, 0.4) is 0 Å². The summed E-state index contributed by atoms with van der Waals surface area (Å²) in [5, 5.41) is 0. The molecule has 112 valence electrons. The minimum Gasteiger partial charge on any atom is -0.327 e. The van der Waals surface area contributed by atoms with Crippen molar-refractivity contribution in [1.29, 1.82) is 0 Å². The van der Waals surface area contributed by atoms with Crippen LogP contribution in [-0.4, -0.2) is 29.3 Å². The van der Waals surface area contributed by atoms with Gasteiger partial charge in [-0.25, -0.2) is 0 Å². The molecule has 2 aromatic rings. The summed E-state index contributed by atoms with van der Waals surface area (Å²) < 4.78 is 0. The summed E-state index contributed by atoms with van der Waals surface area (Å²) in [6, 6.07) is 16.8. The van der Waals surface area contributed by atoms with Crippen molar-refractivity contribution >= 4 is 11.8 Å². The van der Waals surface area contributed by atoms with E-state index < -0.39 is 0 Å². The average Bonchev–Trinajstić information content (AvgIpc) is 2.78. The van der Waals surface area contributed by atoms with Crippen molar-refractivity contribution in [3.63, 3.8) is 0 Å². The quantitative estimate of drug-likeness (QED) is 0.860. The summed E-state index contributed by atoms with van der Waals surface area (Å²) in [6.07, 6.45) is 1.34. The van der Waals surface area contributed by atoms with Crippen LogP contribution in [0, 0.1) is 0 Å². The van der Waals surface area contributed by atoms with E-state index in [1.165, 1.54) is 4.90 Å². The molecule has 0 spiro atoms. The zero-order chi connectivity index (χ0) is 15.5. The summed E-state index contributed by atoms with van der Waals surface area (Å²) in [7, 11) is 0. The lowest BCUT2D eigenvalue weighted by Gasteiger charge is -2.17. The van der Waals surface area contributed by atoms with E-state index >= 15 is 0 Å². The molecule has 2 N–H and O–H groups in total. The van der Waals surface area contributed by atoms with Gasteiger partial charge in [0.1, 0.15) is 0 Å². The van der Waals surface area contributed by atoms with Crippen molar-refractivity contribution in [3.8, 4) is 0 Å². The molecule has 0 fully saturated rings. The first-order chi connectivity index (χ1) is 10.7. The van der Waals surface area contributed by atoms with Crippen LogP contribution in [-0.2, 0) is 6.42 Å². The normalized spacial score (nSPS) is 15.0. The van der Waals surface area contributed by atoms with E-state index in [0.717, 1.165) is 12.0 Å². The van der Waals surface area contributed by atoms with Crippen molar-refractivity contribution < 1.29 is 9.59 Å². The van der Waals surface area contributed by atoms with Crippen molar-refractivity contribution in [3.05, 3.63) is 71.3 Å². The van der Waals surface area contributed by atoms with Crippen LogP contribution in [0.15, 0.2) is 54.6 Å². The van der Waals surface area contributed by atoms with E-state index in [-0.39, 0.29) is 17.9 Å². The van der Waals surface area contributed by atoms with Crippen LogP contribution >= 0.6 is 0 Å². The van der Waals surface area contributed by atoms with Crippen LogP contribution in [0.5, 0.6) is 0 Å². The molecule has 1 aliphatic heterocycles. The highest BCUT2D eigenvalue weighted by Crippen LogP contribution is 2.22. The van der Waals surface area contributed by atoms with Gasteiger partial charge in [0.2, 0.25) is 0 Å². The van der Waals surface area contributed by atoms with Crippen LogP contribution in [0.25, 0.3) is 0 Å². The van der Waals surface area contributed by atoms with Crippen molar-refractivity contribution in [2.75, 3.05) is 6.54 Å². The number of benzene rings is 2. The van der Waals surface area contributed by atoms with E-state index in [1.54, 1.807) is 24.3 Å². The van der Waals surface area contributed by atoms with Gasteiger partial charge in [0.15, 0.2) is 0 Å². The fourth-order valence-electron chi connectivity index (χ4n) is 2.76. The molecule has 0 aliphatic carbocycles. The Hall–Kier alpha value is -2.46. The predicted octanol–water partition coefficient (Wildman–Crippen LogP) is 2.24. The number of fused-ring (bicyclic) bond motifs is 1. The second-order valence-corrected chi connectivity index (χ2v) is 5.55. The molecular weight excluding hydrogens is 276 g/mol.